The van der Waals surface area contributed by atoms with Gasteiger partial charge in [-0.1, -0.05) is 28.9 Å². The van der Waals surface area contributed by atoms with Crippen LogP contribution in [0.15, 0.2) is 34.3 Å². The highest BCUT2D eigenvalue weighted by molar-refractivity contribution is 7.89. The number of rotatable bonds is 8. The number of sulfonamides is 1. The van der Waals surface area contributed by atoms with Crippen LogP contribution in [0.5, 0.6) is 0 Å². The summed E-state index contributed by atoms with van der Waals surface area (Å²) in [6.45, 7) is 0.426. The van der Waals surface area contributed by atoms with E-state index < -0.39 is 10.0 Å². The second-order valence-electron chi connectivity index (χ2n) is 4.17. The van der Waals surface area contributed by atoms with Gasteiger partial charge in [0.05, 0.1) is 11.6 Å². The monoisotopic (exact) mass is 335 g/mol. The van der Waals surface area contributed by atoms with Crippen LogP contribution < -0.4 is 5.73 Å². The molecule has 0 atom stereocenters. The largest absolute Gasteiger partial charge is 0.409 e. The van der Waals surface area contributed by atoms with Crippen molar-refractivity contribution in [3.8, 4) is 0 Å². The first-order chi connectivity index (χ1) is 9.93. The topological polar surface area (TPSA) is 105 Å². The van der Waals surface area contributed by atoms with E-state index in [4.69, 9.17) is 27.3 Å². The molecular weight excluding hydrogens is 318 g/mol. The molecule has 0 aliphatic heterocycles. The summed E-state index contributed by atoms with van der Waals surface area (Å²) in [5.41, 5.74) is 5.38. The van der Waals surface area contributed by atoms with Crippen LogP contribution in [0, 0.1) is 0 Å². The SMILES string of the molecule is COCCN(CCC(N)=NO)S(=O)(=O)c1ccccc1Cl. The Hall–Kier alpha value is -1.35. The van der Waals surface area contributed by atoms with Gasteiger partial charge in [0.25, 0.3) is 0 Å². The van der Waals surface area contributed by atoms with E-state index in [0.717, 1.165) is 0 Å². The Labute approximate surface area is 129 Å². The molecule has 0 aromatic heterocycles. The van der Waals surface area contributed by atoms with E-state index in [1.165, 1.54) is 23.5 Å². The van der Waals surface area contributed by atoms with Crippen molar-refractivity contribution in [2.45, 2.75) is 11.3 Å². The zero-order chi connectivity index (χ0) is 15.9. The molecule has 0 spiro atoms. The molecule has 0 heterocycles. The fraction of sp³-hybridized carbons (Fsp3) is 0.417. The second-order valence-corrected chi connectivity index (χ2v) is 6.48. The third-order valence-corrected chi connectivity index (χ3v) is 5.14. The third kappa shape index (κ3) is 4.85. The summed E-state index contributed by atoms with van der Waals surface area (Å²) >= 11 is 5.95. The van der Waals surface area contributed by atoms with E-state index in [9.17, 15) is 8.42 Å². The van der Waals surface area contributed by atoms with Gasteiger partial charge in [0.15, 0.2) is 0 Å². The lowest BCUT2D eigenvalue weighted by Gasteiger charge is -2.22. The Morgan fingerprint density at radius 2 is 2.10 bits per heavy atom. The van der Waals surface area contributed by atoms with Crippen molar-refractivity contribution in [2.24, 2.45) is 10.9 Å². The summed E-state index contributed by atoms with van der Waals surface area (Å²) in [5.74, 6) is -0.0493. The van der Waals surface area contributed by atoms with E-state index in [1.54, 1.807) is 12.1 Å². The number of nitrogens with two attached hydrogens (primary N) is 1. The second kappa shape index (κ2) is 8.18. The Morgan fingerprint density at radius 1 is 1.43 bits per heavy atom. The molecule has 0 amide bonds. The fourth-order valence-corrected chi connectivity index (χ4v) is 3.55. The van der Waals surface area contributed by atoms with E-state index in [1.807, 2.05) is 0 Å². The van der Waals surface area contributed by atoms with Crippen molar-refractivity contribution in [3.63, 3.8) is 0 Å². The fourth-order valence-electron chi connectivity index (χ4n) is 1.63. The number of amidine groups is 1. The molecule has 9 heteroatoms. The highest BCUT2D eigenvalue weighted by Crippen LogP contribution is 2.24. The molecule has 0 fully saturated rings. The number of halogens is 1. The normalized spacial score (nSPS) is 12.8. The Balaban J connectivity index is 3.03. The van der Waals surface area contributed by atoms with Gasteiger partial charge in [0.2, 0.25) is 10.0 Å². The predicted octanol–water partition coefficient (Wildman–Crippen LogP) is 1.11. The van der Waals surface area contributed by atoms with Gasteiger partial charge in [-0.2, -0.15) is 4.31 Å². The zero-order valence-electron chi connectivity index (χ0n) is 11.6. The number of nitrogens with zero attached hydrogens (tertiary/aromatic N) is 2. The highest BCUT2D eigenvalue weighted by Gasteiger charge is 2.26. The van der Waals surface area contributed by atoms with Crippen molar-refractivity contribution in [2.75, 3.05) is 26.8 Å². The number of methoxy groups -OCH3 is 1. The lowest BCUT2D eigenvalue weighted by atomic mass is 10.4. The van der Waals surface area contributed by atoms with Crippen molar-refractivity contribution < 1.29 is 18.4 Å². The standard InChI is InChI=1S/C12H18ClN3O4S/c1-20-9-8-16(7-6-12(14)15-17)21(18,19)11-5-3-2-4-10(11)13/h2-5,17H,6-9H2,1H3,(H2,14,15). The van der Waals surface area contributed by atoms with Gasteiger partial charge >= 0.3 is 0 Å². The van der Waals surface area contributed by atoms with Crippen LogP contribution in [0.4, 0.5) is 0 Å². The Morgan fingerprint density at radius 3 is 2.67 bits per heavy atom. The van der Waals surface area contributed by atoms with Gasteiger partial charge < -0.3 is 15.7 Å². The van der Waals surface area contributed by atoms with E-state index in [2.05, 4.69) is 5.16 Å². The predicted molar refractivity (Wildman–Crippen MR) is 80.1 cm³/mol. The molecule has 1 aromatic rings. The first kappa shape index (κ1) is 17.7. The van der Waals surface area contributed by atoms with Crippen LogP contribution in [0.3, 0.4) is 0 Å². The van der Waals surface area contributed by atoms with Gasteiger partial charge in [0.1, 0.15) is 10.7 Å². The van der Waals surface area contributed by atoms with Crippen molar-refractivity contribution in [1.82, 2.24) is 4.31 Å². The maximum Gasteiger partial charge on any atom is 0.244 e. The summed E-state index contributed by atoms with van der Waals surface area (Å²) in [7, 11) is -2.30. The first-order valence-corrected chi connectivity index (χ1v) is 7.95. The van der Waals surface area contributed by atoms with Gasteiger partial charge in [-0.25, -0.2) is 8.42 Å². The number of hydrogen-bond acceptors (Lipinski definition) is 5. The van der Waals surface area contributed by atoms with Crippen LogP contribution in [0.1, 0.15) is 6.42 Å². The molecule has 0 saturated heterocycles. The summed E-state index contributed by atoms with van der Waals surface area (Å²) in [6.07, 6.45) is 0.101. The summed E-state index contributed by atoms with van der Waals surface area (Å²) < 4.78 is 31.3. The van der Waals surface area contributed by atoms with Gasteiger partial charge in [-0.15, -0.1) is 0 Å². The van der Waals surface area contributed by atoms with Crippen LogP contribution in [-0.4, -0.2) is 50.6 Å². The Kier molecular flexibility index (Phi) is 6.90. The maximum absolute atomic E-state index is 12.6. The molecule has 0 unspecified atom stereocenters. The Bertz CT molecular complexity index is 592. The van der Waals surface area contributed by atoms with Gasteiger partial charge in [0, 0.05) is 26.6 Å². The van der Waals surface area contributed by atoms with Crippen molar-refractivity contribution >= 4 is 27.5 Å². The van der Waals surface area contributed by atoms with Crippen molar-refractivity contribution in [1.29, 1.82) is 0 Å². The molecule has 7 nitrogen and oxygen atoms in total. The van der Waals surface area contributed by atoms with Crippen LogP contribution >= 0.6 is 11.6 Å². The minimum atomic E-state index is -3.78. The third-order valence-electron chi connectivity index (χ3n) is 2.75. The molecule has 0 aliphatic rings. The van der Waals surface area contributed by atoms with Gasteiger partial charge in [-0.3, -0.25) is 0 Å². The minimum Gasteiger partial charge on any atom is -0.409 e. The van der Waals surface area contributed by atoms with Crippen LogP contribution in [-0.2, 0) is 14.8 Å². The number of benzene rings is 1. The van der Waals surface area contributed by atoms with Crippen molar-refractivity contribution in [3.05, 3.63) is 29.3 Å². The average molecular weight is 336 g/mol. The number of ether oxygens (including phenoxy) is 1. The molecule has 0 aliphatic carbocycles. The molecule has 1 rings (SSSR count). The summed E-state index contributed by atoms with van der Waals surface area (Å²) in [6, 6.07) is 6.18. The molecule has 0 bridgehead atoms. The minimum absolute atomic E-state index is 0.0160. The smallest absolute Gasteiger partial charge is 0.244 e. The molecular formula is C12H18ClN3O4S. The van der Waals surface area contributed by atoms with Crippen LogP contribution in [0.2, 0.25) is 5.02 Å². The molecule has 118 valence electrons. The maximum atomic E-state index is 12.6. The summed E-state index contributed by atoms with van der Waals surface area (Å²) in [4.78, 5) is 0.0160. The van der Waals surface area contributed by atoms with E-state index in [-0.39, 0.29) is 41.9 Å². The summed E-state index contributed by atoms with van der Waals surface area (Å²) in [5, 5.41) is 11.5. The van der Waals surface area contributed by atoms with E-state index >= 15 is 0 Å². The van der Waals surface area contributed by atoms with Gasteiger partial charge in [-0.05, 0) is 12.1 Å². The quantitative estimate of drug-likeness (QED) is 0.320. The molecule has 21 heavy (non-hydrogen) atoms. The molecule has 0 radical (unpaired) electrons. The average Bonchev–Trinajstić information content (AvgIpc) is 2.46. The molecule has 3 N–H and O–H groups in total. The van der Waals surface area contributed by atoms with E-state index in [0.29, 0.717) is 0 Å². The lowest BCUT2D eigenvalue weighted by molar-refractivity contribution is 0.179. The number of hydrogen-bond donors (Lipinski definition) is 2. The first-order valence-electron chi connectivity index (χ1n) is 6.13. The number of oxime groups is 1. The highest BCUT2D eigenvalue weighted by atomic mass is 35.5. The molecule has 1 aromatic carbocycles. The van der Waals surface area contributed by atoms with Crippen LogP contribution in [0.25, 0.3) is 0 Å². The zero-order valence-corrected chi connectivity index (χ0v) is 13.1. The lowest BCUT2D eigenvalue weighted by Crippen LogP contribution is -2.36. The molecule has 0 saturated carbocycles.